The maximum Gasteiger partial charge on any atom is 0.321 e. The van der Waals surface area contributed by atoms with Crippen molar-refractivity contribution in [3.8, 4) is 0 Å². The Kier molecular flexibility index (Phi) is 6.98. The molecule has 1 aromatic carbocycles. The molecule has 0 saturated heterocycles. The lowest BCUT2D eigenvalue weighted by molar-refractivity contribution is -0.168. The highest BCUT2D eigenvalue weighted by Crippen LogP contribution is 2.35. The number of hydrogen-bond acceptors (Lipinski definition) is 6. The Morgan fingerprint density at radius 3 is 1.96 bits per heavy atom. The first-order chi connectivity index (χ1) is 13.0. The van der Waals surface area contributed by atoms with Gasteiger partial charge in [-0.2, -0.15) is 0 Å². The quantitative estimate of drug-likeness (QED) is 0.401. The molecule has 146 valence electrons. The fraction of sp³-hybridized carbons (Fsp3) is 0.450. The van der Waals surface area contributed by atoms with E-state index in [0.717, 1.165) is 10.9 Å². The fourth-order valence-electron chi connectivity index (χ4n) is 3.13. The van der Waals surface area contributed by atoms with Crippen molar-refractivity contribution in [2.75, 3.05) is 19.8 Å². The molecule has 2 aromatic rings. The van der Waals surface area contributed by atoms with Crippen molar-refractivity contribution in [2.45, 2.75) is 26.7 Å². The van der Waals surface area contributed by atoms with E-state index in [0.29, 0.717) is 5.56 Å². The molecule has 0 aliphatic heterocycles. The number of benzene rings is 1. The number of ether oxygens (including phenoxy) is 3. The zero-order valence-electron chi connectivity index (χ0n) is 16.1. The maximum atomic E-state index is 12.8. The number of aromatic nitrogens is 1. The second kappa shape index (κ2) is 9.21. The van der Waals surface area contributed by atoms with E-state index in [9.17, 15) is 14.4 Å². The standard InChI is InChI=1S/C20H25NO6/c1-5-25-18(22)16(17(19(23)26-6-2)20(24)27-7-3)14-12-21(4)15-11-9-8-10-13(14)15/h8-12,16-17H,5-7H2,1-4H3/t16-/m0/s1. The SMILES string of the molecule is CCOC(=O)C(C(=O)OCC)[C@@H](C(=O)OCC)c1cn(C)c2ccccc12. The Morgan fingerprint density at radius 1 is 0.889 bits per heavy atom. The number of aryl methyl sites for hydroxylation is 1. The summed E-state index contributed by atoms with van der Waals surface area (Å²) in [5, 5.41) is 0.761. The molecule has 7 heteroatoms. The van der Waals surface area contributed by atoms with Crippen LogP contribution in [0, 0.1) is 5.92 Å². The Balaban J connectivity index is 2.64. The molecule has 0 fully saturated rings. The molecule has 0 unspecified atom stereocenters. The summed E-state index contributed by atoms with van der Waals surface area (Å²) in [6, 6.07) is 7.44. The van der Waals surface area contributed by atoms with Crippen molar-refractivity contribution in [2.24, 2.45) is 13.0 Å². The monoisotopic (exact) mass is 375 g/mol. The third kappa shape index (κ3) is 4.30. The van der Waals surface area contributed by atoms with Crippen LogP contribution in [0.2, 0.25) is 0 Å². The Labute approximate surface area is 158 Å². The molecule has 1 heterocycles. The van der Waals surface area contributed by atoms with Gasteiger partial charge in [0.15, 0.2) is 5.92 Å². The minimum Gasteiger partial charge on any atom is -0.465 e. The first-order valence-electron chi connectivity index (χ1n) is 9.00. The van der Waals surface area contributed by atoms with Gasteiger partial charge in [0.1, 0.15) is 5.92 Å². The second-order valence-electron chi connectivity index (χ2n) is 5.92. The average Bonchev–Trinajstić information content (AvgIpc) is 2.96. The molecule has 1 aromatic heterocycles. The second-order valence-corrected chi connectivity index (χ2v) is 5.92. The topological polar surface area (TPSA) is 83.8 Å². The van der Waals surface area contributed by atoms with Crippen LogP contribution in [0.25, 0.3) is 10.9 Å². The zero-order chi connectivity index (χ0) is 20.0. The van der Waals surface area contributed by atoms with E-state index in [1.807, 2.05) is 35.9 Å². The summed E-state index contributed by atoms with van der Waals surface area (Å²) in [6.45, 7) is 5.23. The van der Waals surface area contributed by atoms with Gasteiger partial charge in [-0.3, -0.25) is 14.4 Å². The van der Waals surface area contributed by atoms with Crippen LogP contribution in [0.3, 0.4) is 0 Å². The average molecular weight is 375 g/mol. The molecule has 0 radical (unpaired) electrons. The van der Waals surface area contributed by atoms with Crippen LogP contribution >= 0.6 is 0 Å². The van der Waals surface area contributed by atoms with E-state index in [-0.39, 0.29) is 19.8 Å². The number of para-hydroxylation sites is 1. The van der Waals surface area contributed by atoms with Crippen LogP contribution in [0.4, 0.5) is 0 Å². The van der Waals surface area contributed by atoms with Gasteiger partial charge in [-0.1, -0.05) is 18.2 Å². The van der Waals surface area contributed by atoms with Gasteiger partial charge in [0.25, 0.3) is 0 Å². The van der Waals surface area contributed by atoms with Crippen LogP contribution < -0.4 is 0 Å². The summed E-state index contributed by atoms with van der Waals surface area (Å²) in [5.41, 5.74) is 1.39. The highest BCUT2D eigenvalue weighted by Gasteiger charge is 2.44. The summed E-state index contributed by atoms with van der Waals surface area (Å²) >= 11 is 0. The molecule has 0 bridgehead atoms. The zero-order valence-corrected chi connectivity index (χ0v) is 16.1. The maximum absolute atomic E-state index is 12.8. The van der Waals surface area contributed by atoms with Crippen LogP contribution in [-0.2, 0) is 35.6 Å². The predicted octanol–water partition coefficient (Wildman–Crippen LogP) is 2.57. The van der Waals surface area contributed by atoms with Gasteiger partial charge in [-0.25, -0.2) is 0 Å². The molecule has 0 saturated carbocycles. The largest absolute Gasteiger partial charge is 0.465 e. The highest BCUT2D eigenvalue weighted by atomic mass is 16.6. The number of rotatable bonds is 8. The normalized spacial score (nSPS) is 12.0. The number of hydrogen-bond donors (Lipinski definition) is 0. The molecule has 27 heavy (non-hydrogen) atoms. The lowest BCUT2D eigenvalue weighted by Gasteiger charge is -2.22. The van der Waals surface area contributed by atoms with Crippen molar-refractivity contribution in [3.05, 3.63) is 36.0 Å². The molecule has 7 nitrogen and oxygen atoms in total. The minimum absolute atomic E-state index is 0.0832. The van der Waals surface area contributed by atoms with Crippen molar-refractivity contribution in [1.82, 2.24) is 4.57 Å². The van der Waals surface area contributed by atoms with Crippen LogP contribution in [0.5, 0.6) is 0 Å². The van der Waals surface area contributed by atoms with Crippen LogP contribution in [0.1, 0.15) is 32.3 Å². The Bertz CT molecular complexity index is 807. The number of nitrogens with zero attached hydrogens (tertiary/aromatic N) is 1. The first kappa shape index (κ1) is 20.5. The Hall–Kier alpha value is -2.83. The fourth-order valence-corrected chi connectivity index (χ4v) is 3.13. The number of fused-ring (bicyclic) bond motifs is 1. The van der Waals surface area contributed by atoms with E-state index < -0.39 is 29.7 Å². The van der Waals surface area contributed by atoms with E-state index in [1.165, 1.54) is 0 Å². The van der Waals surface area contributed by atoms with Gasteiger partial charge >= 0.3 is 17.9 Å². The number of carbonyl (C=O) groups excluding carboxylic acids is 3. The summed E-state index contributed by atoms with van der Waals surface area (Å²) in [5.74, 6) is -4.87. The molecule has 2 rings (SSSR count). The predicted molar refractivity (Wildman–Crippen MR) is 99.0 cm³/mol. The van der Waals surface area contributed by atoms with Crippen molar-refractivity contribution < 1.29 is 28.6 Å². The van der Waals surface area contributed by atoms with Crippen molar-refractivity contribution in [3.63, 3.8) is 0 Å². The summed E-state index contributed by atoms with van der Waals surface area (Å²) in [6.07, 6.45) is 1.73. The summed E-state index contributed by atoms with van der Waals surface area (Å²) < 4.78 is 17.2. The molecule has 0 aliphatic carbocycles. The van der Waals surface area contributed by atoms with Gasteiger partial charge in [-0.15, -0.1) is 0 Å². The van der Waals surface area contributed by atoms with E-state index in [1.54, 1.807) is 27.0 Å². The van der Waals surface area contributed by atoms with Gasteiger partial charge in [0.05, 0.1) is 19.8 Å². The van der Waals surface area contributed by atoms with E-state index in [4.69, 9.17) is 14.2 Å². The van der Waals surface area contributed by atoms with Gasteiger partial charge in [-0.05, 0) is 32.4 Å². The third-order valence-electron chi connectivity index (χ3n) is 4.22. The van der Waals surface area contributed by atoms with E-state index in [2.05, 4.69) is 0 Å². The first-order valence-corrected chi connectivity index (χ1v) is 9.00. The van der Waals surface area contributed by atoms with Crippen LogP contribution in [0.15, 0.2) is 30.5 Å². The molecule has 1 atom stereocenters. The summed E-state index contributed by atoms with van der Waals surface area (Å²) in [4.78, 5) is 38.0. The lowest BCUT2D eigenvalue weighted by Crippen LogP contribution is -2.37. The molecule has 0 aliphatic rings. The molecule has 0 spiro atoms. The van der Waals surface area contributed by atoms with Crippen LogP contribution in [-0.4, -0.2) is 42.3 Å². The van der Waals surface area contributed by atoms with E-state index >= 15 is 0 Å². The Morgan fingerprint density at radius 2 is 1.41 bits per heavy atom. The van der Waals surface area contributed by atoms with Gasteiger partial charge in [0, 0.05) is 24.1 Å². The molecular weight excluding hydrogens is 350 g/mol. The van der Waals surface area contributed by atoms with Crippen molar-refractivity contribution >= 4 is 28.8 Å². The van der Waals surface area contributed by atoms with Gasteiger partial charge in [0.2, 0.25) is 0 Å². The highest BCUT2D eigenvalue weighted by molar-refractivity contribution is 6.03. The summed E-state index contributed by atoms with van der Waals surface area (Å²) in [7, 11) is 1.83. The van der Waals surface area contributed by atoms with Crippen molar-refractivity contribution in [1.29, 1.82) is 0 Å². The number of esters is 3. The number of carbonyl (C=O) groups is 3. The van der Waals surface area contributed by atoms with Gasteiger partial charge < -0.3 is 18.8 Å². The molecule has 0 N–H and O–H groups in total. The smallest absolute Gasteiger partial charge is 0.321 e. The third-order valence-corrected chi connectivity index (χ3v) is 4.22. The minimum atomic E-state index is -1.44. The lowest BCUT2D eigenvalue weighted by atomic mass is 9.85. The molecule has 0 amide bonds. The molecular formula is C20H25NO6.